The number of hydrogen-bond acceptors (Lipinski definition) is 25. The number of pyridine rings is 7. The molecule has 114 heavy (non-hydrogen) atoms. The first-order valence-corrected chi connectivity index (χ1v) is 41.3. The smallest absolute Gasteiger partial charge is 0.376 e. The van der Waals surface area contributed by atoms with Gasteiger partial charge >= 0.3 is 28.2 Å². The summed E-state index contributed by atoms with van der Waals surface area (Å²) in [7, 11) is -1.82. The van der Waals surface area contributed by atoms with E-state index >= 15 is 0 Å². The molecule has 7 N–H and O–H groups in total. The van der Waals surface area contributed by atoms with E-state index in [2.05, 4.69) is 84.5 Å². The molecule has 14 rings (SSSR count). The number of nitrogens with zero attached hydrogens (tertiary/aromatic N) is 11. The third-order valence-corrected chi connectivity index (χ3v) is 22.0. The number of nitrogens with one attached hydrogen (secondary N) is 3. The summed E-state index contributed by atoms with van der Waals surface area (Å²) in [5, 5.41) is 51.0. The number of ether oxygens (including phenoxy) is 7. The van der Waals surface area contributed by atoms with Gasteiger partial charge in [0.2, 0.25) is 0 Å². The van der Waals surface area contributed by atoms with Gasteiger partial charge in [0.1, 0.15) is 123 Å². The Hall–Kier alpha value is -5.58. The van der Waals surface area contributed by atoms with Crippen LogP contribution in [0.4, 0.5) is 0 Å². The Kier molecular flexibility index (Phi) is 39.9. The normalized spacial score (nSPS) is 19.6. The van der Waals surface area contributed by atoms with Crippen LogP contribution in [0.1, 0.15) is 80.2 Å². The molecule has 7 aromatic heterocycles. The number of alkyl halides is 2. The summed E-state index contributed by atoms with van der Waals surface area (Å²) in [4.78, 5) is 36.5. The van der Waals surface area contributed by atoms with Crippen molar-refractivity contribution in [1.29, 1.82) is 0 Å². The van der Waals surface area contributed by atoms with Crippen LogP contribution in [-0.4, -0.2) is 242 Å². The maximum absolute atomic E-state index is 9.74. The second-order valence-electron chi connectivity index (χ2n) is 27.0. The van der Waals surface area contributed by atoms with E-state index < -0.39 is 28.2 Å². The molecule has 7 aliphatic heterocycles. The molecule has 7 aliphatic rings. The molecule has 0 bridgehead atoms. The summed E-state index contributed by atoms with van der Waals surface area (Å²) in [6, 6.07) is 16.5. The van der Waals surface area contributed by atoms with Crippen LogP contribution in [-0.2, 0) is 0 Å². The molecule has 0 aliphatic carbocycles. The molecular weight excluding hydrogens is 1720 g/mol. The molecule has 0 unspecified atom stereocenters. The maximum Gasteiger partial charge on any atom is 0.376 e. The quantitative estimate of drug-likeness (QED) is 0.0109. The number of rotatable bonds is 27. The minimum atomic E-state index is -0.490. The minimum absolute atomic E-state index is 0. The molecule has 0 amide bonds. The molecule has 7 saturated heterocycles. The van der Waals surface area contributed by atoms with Crippen molar-refractivity contribution in [1.82, 2.24) is 70.1 Å². The highest BCUT2D eigenvalue weighted by atomic mass is 79.9. The molecule has 25 nitrogen and oxygen atoms in total. The Bertz CT molecular complexity index is 4150. The number of terminal acetylenes is 1. The van der Waals surface area contributed by atoms with Gasteiger partial charge in [-0.25, -0.2) is 34.9 Å². The summed E-state index contributed by atoms with van der Waals surface area (Å²) in [5.74, 6) is 13.0. The van der Waals surface area contributed by atoms with E-state index in [9.17, 15) is 20.1 Å². The highest BCUT2D eigenvalue weighted by Gasteiger charge is 2.37. The molecule has 7 aromatic rings. The largest absolute Gasteiger partial charge is 0.490 e. The highest BCUT2D eigenvalue weighted by molar-refractivity contribution is 9.10. The summed E-state index contributed by atoms with van der Waals surface area (Å²) >= 11 is 55.0. The first kappa shape index (κ1) is 93.9. The lowest BCUT2D eigenvalue weighted by molar-refractivity contribution is 0.110. The third-order valence-electron chi connectivity index (χ3n) is 19.1. The van der Waals surface area contributed by atoms with Gasteiger partial charge in [0, 0.05) is 71.6 Å². The first-order valence-electron chi connectivity index (χ1n) is 36.8. The summed E-state index contributed by atoms with van der Waals surface area (Å²) < 4.78 is 40.7. The summed E-state index contributed by atoms with van der Waals surface area (Å²) in [6.45, 7) is 17.7. The fourth-order valence-corrected chi connectivity index (χ4v) is 13.0. The van der Waals surface area contributed by atoms with Crippen molar-refractivity contribution in [2.24, 2.45) is 0 Å². The van der Waals surface area contributed by atoms with Gasteiger partial charge in [0.05, 0.1) is 69.9 Å². The van der Waals surface area contributed by atoms with Gasteiger partial charge in [-0.3, -0.25) is 0 Å². The van der Waals surface area contributed by atoms with Crippen molar-refractivity contribution < 1.29 is 53.3 Å². The number of aromatic nitrogens is 7. The molecule has 0 saturated carbocycles. The van der Waals surface area contributed by atoms with Gasteiger partial charge < -0.3 is 88.4 Å². The predicted octanol–water partition coefficient (Wildman–Crippen LogP) is 12.6. The maximum atomic E-state index is 9.74. The van der Waals surface area contributed by atoms with Crippen LogP contribution in [0.15, 0.2) is 96.4 Å². The van der Waals surface area contributed by atoms with Crippen LogP contribution in [0.25, 0.3) is 12.2 Å². The third kappa shape index (κ3) is 29.7. The van der Waals surface area contributed by atoms with E-state index in [1.807, 2.05) is 49.6 Å². The standard InChI is InChI=1S/C22H26B2Cl2N4O4.C20H22Cl2N4O2.C12H14BClN2O2.C10H13BBrClN2O2.C9H11ClN2O.CH2Cl2.CH4/c1-23(31)29-7-5-17(29)13-33-19-9-15(21(25)27-11-19)3-4-16-10-20(12-28-22(16)26)34-14-18-6-8-30(18)24(2)32;21-19-13(7-17(9-25-19)27-11-15-3-5-23-15)1-2-14-8-18(10-26-20(14)22)28-12-16-4-6-24-16;1-3-9-6-11(7-15-12(9)14)18-8-10-4-5-16(10)13(2)17;1-11(16)15-3-2-7(15)6-17-8-4-9(12)10(13)14-5-8;10-9-2-1-8(5-12-9)13-6-7-3-4-11-7;2-1-3;/h9-12,17-18,31-32H,5-8,13-14H2,1-2H3;1-2,7-10,15-16,23-24H,3-6,11-12H2;1,6-7,10,17H,4-5,8H2,2H3;4-5,7,16H,2-3,6H2,1H3;1-2,5,7,11H,3-4,6H2;1H2;1H4/t17-,18-;15-,16-;10-;2*7-;;/m00000../s1. The SMILES string of the molecule is C.C#Cc1cc(OC[C@@H]2CCN2B(C)O)cnc1Cl.CB(O)N1CC[C@H]1COc1cnc(Cl)c(Br)c1.CB(O)N1CC[C@H]1COc1cnc(Cl)c(C#Cc2cc(OC[C@@H]3CCN3B(C)O)cnc2Cl)c1.ClCCl.Clc1ccc(OC[C@@H]2CCN2)cn1.Clc1ncc(OC[C@@H]2CCN2)cc1C=Cc1cc(OC[C@@H]2CCN2)cnc1Cl. The zero-order valence-electron chi connectivity index (χ0n) is 62.6. The Morgan fingerprint density at radius 2 is 0.702 bits per heavy atom. The van der Waals surface area contributed by atoms with Gasteiger partial charge in [-0.1, -0.05) is 119 Å². The molecule has 14 heterocycles. The van der Waals surface area contributed by atoms with Crippen molar-refractivity contribution in [3.8, 4) is 64.4 Å². The summed E-state index contributed by atoms with van der Waals surface area (Å²) in [6.07, 6.45) is 27.6. The number of halogens is 10. The van der Waals surface area contributed by atoms with E-state index in [-0.39, 0.29) is 47.2 Å². The zero-order valence-corrected chi connectivity index (χ0v) is 71.0. The Morgan fingerprint density at radius 3 is 0.982 bits per heavy atom. The monoisotopic (exact) mass is 1800 g/mol. The van der Waals surface area contributed by atoms with Crippen LogP contribution < -0.4 is 49.1 Å². The van der Waals surface area contributed by atoms with Gasteiger partial charge in [-0.15, -0.1) is 29.6 Å². The molecule has 610 valence electrons. The summed E-state index contributed by atoms with van der Waals surface area (Å²) in [5.41, 5.74) is 3.04. The minimum Gasteiger partial charge on any atom is -0.490 e. The Labute approximate surface area is 722 Å². The number of hydrogen-bond donors (Lipinski definition) is 7. The Balaban J connectivity index is 0.000000183. The highest BCUT2D eigenvalue weighted by Crippen LogP contribution is 2.31. The molecule has 7 fully saturated rings. The Morgan fingerprint density at radius 1 is 0.421 bits per heavy atom. The second-order valence-corrected chi connectivity index (χ2v) is 31.2. The van der Waals surface area contributed by atoms with Crippen molar-refractivity contribution in [3.63, 3.8) is 0 Å². The molecule has 7 atom stereocenters. The van der Waals surface area contributed by atoms with Gasteiger partial charge in [-0.05, 0) is 164 Å². The second kappa shape index (κ2) is 48.5. The van der Waals surface area contributed by atoms with E-state index in [4.69, 9.17) is 144 Å². The van der Waals surface area contributed by atoms with E-state index in [0.717, 1.165) is 106 Å². The average Bonchev–Trinajstić information content (AvgIpc) is 0.835. The van der Waals surface area contributed by atoms with Crippen molar-refractivity contribution >= 4 is 161 Å². The molecular formula is C75H92B4BrCl9N14O11. The van der Waals surface area contributed by atoms with Crippen LogP contribution in [0.5, 0.6) is 40.2 Å². The first-order chi connectivity index (χ1) is 54.4. The average molecular weight is 1810 g/mol. The van der Waals surface area contributed by atoms with E-state index in [0.29, 0.717) is 141 Å². The predicted molar refractivity (Wildman–Crippen MR) is 462 cm³/mol. The van der Waals surface area contributed by atoms with Crippen LogP contribution in [0.3, 0.4) is 0 Å². The lowest BCUT2D eigenvalue weighted by atomic mass is 9.78. The molecule has 39 heteroatoms. The van der Waals surface area contributed by atoms with E-state index in [1.54, 1.807) is 101 Å². The fourth-order valence-electron chi connectivity index (χ4n) is 11.7. The van der Waals surface area contributed by atoms with Crippen molar-refractivity contribution in [2.45, 2.75) is 122 Å². The van der Waals surface area contributed by atoms with Crippen molar-refractivity contribution in [2.75, 3.05) is 97.4 Å². The zero-order chi connectivity index (χ0) is 80.9. The molecule has 0 aromatic carbocycles. The van der Waals surface area contributed by atoms with Crippen LogP contribution in [0, 0.1) is 24.2 Å². The van der Waals surface area contributed by atoms with Crippen LogP contribution in [0.2, 0.25) is 63.4 Å². The van der Waals surface area contributed by atoms with Crippen LogP contribution >= 0.6 is 120 Å². The van der Waals surface area contributed by atoms with Gasteiger partial charge in [0.15, 0.2) is 0 Å². The molecule has 0 spiro atoms. The van der Waals surface area contributed by atoms with Crippen molar-refractivity contribution in [3.05, 3.63) is 160 Å². The van der Waals surface area contributed by atoms with Gasteiger partial charge in [-0.2, -0.15) is 0 Å². The van der Waals surface area contributed by atoms with Gasteiger partial charge in [0.25, 0.3) is 0 Å². The lowest BCUT2D eigenvalue weighted by Gasteiger charge is -2.41. The van der Waals surface area contributed by atoms with E-state index in [1.165, 1.54) is 6.42 Å². The lowest BCUT2D eigenvalue weighted by Crippen LogP contribution is -2.57. The molecule has 0 radical (unpaired) electrons. The topological polar surface area (TPSA) is 285 Å². The fraction of sp³-hybridized carbons (Fsp3) is 0.453.